The molecule has 1 aliphatic rings. The number of ether oxygens (including phenoxy) is 1. The van der Waals surface area contributed by atoms with Gasteiger partial charge in [0.1, 0.15) is 5.41 Å². The normalized spacial score (nSPS) is 19.0. The highest BCUT2D eigenvalue weighted by atomic mass is 79.9. The van der Waals surface area contributed by atoms with Gasteiger partial charge in [0, 0.05) is 4.47 Å². The maximum absolute atomic E-state index is 11.7. The van der Waals surface area contributed by atoms with Crippen LogP contribution >= 0.6 is 15.9 Å². The van der Waals surface area contributed by atoms with Crippen LogP contribution < -0.4 is 0 Å². The molecule has 1 saturated heterocycles. The molecule has 1 atom stereocenters. The highest BCUT2D eigenvalue weighted by Gasteiger charge is 2.54. The van der Waals surface area contributed by atoms with E-state index in [1.54, 1.807) is 0 Å². The van der Waals surface area contributed by atoms with Crippen molar-refractivity contribution >= 4 is 21.9 Å². The van der Waals surface area contributed by atoms with Crippen molar-refractivity contribution in [3.8, 4) is 0 Å². The minimum absolute atomic E-state index is 0.198. The minimum atomic E-state index is -0.852. The van der Waals surface area contributed by atoms with Crippen molar-refractivity contribution in [1.82, 2.24) is 4.90 Å². The third kappa shape index (κ3) is 2.42. The molecular weight excluding hydrogens is 310 g/mol. The summed E-state index contributed by atoms with van der Waals surface area (Å²) in [6, 6.07) is 5.78. The molecule has 0 bridgehead atoms. The van der Waals surface area contributed by atoms with E-state index >= 15 is 0 Å². The van der Waals surface area contributed by atoms with Crippen LogP contribution in [0, 0.1) is 12.3 Å². The Labute approximate surface area is 121 Å². The van der Waals surface area contributed by atoms with Crippen molar-refractivity contribution in [2.75, 3.05) is 27.3 Å². The highest BCUT2D eigenvalue weighted by molar-refractivity contribution is 9.10. The number of aryl methyl sites for hydroxylation is 1. The van der Waals surface area contributed by atoms with Gasteiger partial charge in [-0.3, -0.25) is 4.79 Å². The predicted molar refractivity (Wildman–Crippen MR) is 76.2 cm³/mol. The molecule has 0 spiro atoms. The van der Waals surface area contributed by atoms with Crippen LogP contribution in [-0.2, 0) is 9.53 Å². The van der Waals surface area contributed by atoms with Gasteiger partial charge in [-0.05, 0) is 44.3 Å². The number of rotatable bonds is 4. The first-order valence-corrected chi connectivity index (χ1v) is 6.91. The number of carbonyl (C=O) groups is 1. The summed E-state index contributed by atoms with van der Waals surface area (Å²) < 4.78 is 6.16. The molecule has 1 unspecified atom stereocenters. The van der Waals surface area contributed by atoms with E-state index in [4.69, 9.17) is 4.74 Å². The van der Waals surface area contributed by atoms with E-state index in [-0.39, 0.29) is 19.3 Å². The lowest BCUT2D eigenvalue weighted by Crippen LogP contribution is -2.56. The molecule has 1 fully saturated rings. The Bertz CT molecular complexity index is 497. The fourth-order valence-electron chi connectivity index (χ4n) is 2.70. The van der Waals surface area contributed by atoms with Crippen LogP contribution in [0.4, 0.5) is 0 Å². The molecule has 19 heavy (non-hydrogen) atoms. The van der Waals surface area contributed by atoms with Crippen LogP contribution in [0.3, 0.4) is 0 Å². The second-order valence-electron chi connectivity index (χ2n) is 5.32. The third-order valence-electron chi connectivity index (χ3n) is 3.72. The molecule has 1 aromatic rings. The summed E-state index contributed by atoms with van der Waals surface area (Å²) in [4.78, 5) is 13.7. The molecule has 1 aromatic carbocycles. The number of hydrogen-bond donors (Lipinski definition) is 1. The van der Waals surface area contributed by atoms with E-state index in [1.807, 2.05) is 44.1 Å². The Morgan fingerprint density at radius 1 is 1.47 bits per heavy atom. The molecule has 0 aliphatic carbocycles. The molecule has 4 nitrogen and oxygen atoms in total. The van der Waals surface area contributed by atoms with Crippen molar-refractivity contribution in [3.63, 3.8) is 0 Å². The first-order valence-electron chi connectivity index (χ1n) is 6.12. The number of aliphatic carboxylic acids is 1. The van der Waals surface area contributed by atoms with Crippen molar-refractivity contribution in [1.29, 1.82) is 0 Å². The fourth-order valence-corrected chi connectivity index (χ4v) is 3.08. The summed E-state index contributed by atoms with van der Waals surface area (Å²) in [5.41, 5.74) is 1.27. The zero-order chi connectivity index (χ0) is 14.2. The Kier molecular flexibility index (Phi) is 3.99. The van der Waals surface area contributed by atoms with Crippen LogP contribution in [0.15, 0.2) is 22.7 Å². The highest BCUT2D eigenvalue weighted by Crippen LogP contribution is 2.45. The topological polar surface area (TPSA) is 49.8 Å². The van der Waals surface area contributed by atoms with E-state index in [1.165, 1.54) is 0 Å². The summed E-state index contributed by atoms with van der Waals surface area (Å²) in [6.07, 6.45) is 0. The van der Waals surface area contributed by atoms with Crippen molar-refractivity contribution in [3.05, 3.63) is 33.8 Å². The van der Waals surface area contributed by atoms with Crippen molar-refractivity contribution in [2.24, 2.45) is 5.41 Å². The van der Waals surface area contributed by atoms with Crippen LogP contribution in [0.25, 0.3) is 0 Å². The van der Waals surface area contributed by atoms with E-state index in [9.17, 15) is 9.90 Å². The lowest BCUT2D eigenvalue weighted by atomic mass is 9.73. The Morgan fingerprint density at radius 3 is 2.53 bits per heavy atom. The van der Waals surface area contributed by atoms with Crippen LogP contribution in [0.2, 0.25) is 0 Å². The smallest absolute Gasteiger partial charge is 0.316 e. The number of carboxylic acids is 1. The SMILES string of the molecule is Cc1ccc(Br)cc1C(N(C)C)C1(C(=O)O)COC1. The van der Waals surface area contributed by atoms with Gasteiger partial charge in [-0.2, -0.15) is 0 Å². The fraction of sp³-hybridized carbons (Fsp3) is 0.500. The summed E-state index contributed by atoms with van der Waals surface area (Å²) in [5.74, 6) is -0.795. The van der Waals surface area contributed by atoms with Gasteiger partial charge in [0.05, 0.1) is 19.3 Å². The van der Waals surface area contributed by atoms with Crippen molar-refractivity contribution in [2.45, 2.75) is 13.0 Å². The predicted octanol–water partition coefficient (Wildman–Crippen LogP) is 2.46. The molecule has 5 heteroatoms. The van der Waals surface area contributed by atoms with E-state index in [0.717, 1.165) is 15.6 Å². The summed E-state index contributed by atoms with van der Waals surface area (Å²) in [6.45, 7) is 2.53. The number of carboxylic acid groups (broad SMARTS) is 1. The first-order chi connectivity index (χ1) is 8.88. The number of halogens is 1. The van der Waals surface area contributed by atoms with E-state index in [2.05, 4.69) is 15.9 Å². The largest absolute Gasteiger partial charge is 0.481 e. The molecule has 0 aromatic heterocycles. The van der Waals surface area contributed by atoms with Gasteiger partial charge in [-0.15, -0.1) is 0 Å². The zero-order valence-electron chi connectivity index (χ0n) is 11.3. The maximum atomic E-state index is 11.7. The lowest BCUT2D eigenvalue weighted by molar-refractivity contribution is -0.193. The Morgan fingerprint density at radius 2 is 2.11 bits per heavy atom. The molecule has 1 aliphatic heterocycles. The minimum Gasteiger partial charge on any atom is -0.481 e. The second kappa shape index (κ2) is 5.23. The van der Waals surface area contributed by atoms with E-state index in [0.29, 0.717) is 0 Å². The third-order valence-corrected chi connectivity index (χ3v) is 4.21. The Hall–Kier alpha value is -0.910. The summed E-state index contributed by atoms with van der Waals surface area (Å²) >= 11 is 3.46. The number of benzene rings is 1. The van der Waals surface area contributed by atoms with Gasteiger partial charge in [0.15, 0.2) is 0 Å². The number of nitrogens with zero attached hydrogens (tertiary/aromatic N) is 1. The molecule has 0 amide bonds. The quantitative estimate of drug-likeness (QED) is 0.922. The molecule has 1 heterocycles. The lowest BCUT2D eigenvalue weighted by Gasteiger charge is -2.46. The summed E-state index contributed by atoms with van der Waals surface area (Å²) in [5, 5.41) is 9.61. The van der Waals surface area contributed by atoms with Crippen molar-refractivity contribution < 1.29 is 14.6 Å². The standard InChI is InChI=1S/C14H18BrNO3/c1-9-4-5-10(15)6-11(9)12(16(2)3)14(13(17)18)7-19-8-14/h4-6,12H,7-8H2,1-3H3,(H,17,18). The van der Waals surface area contributed by atoms with Crippen LogP contribution in [0.5, 0.6) is 0 Å². The second-order valence-corrected chi connectivity index (χ2v) is 6.24. The molecule has 0 radical (unpaired) electrons. The molecular formula is C14H18BrNO3. The van der Waals surface area contributed by atoms with Crippen LogP contribution in [0.1, 0.15) is 17.2 Å². The van der Waals surface area contributed by atoms with Gasteiger partial charge in [0.25, 0.3) is 0 Å². The van der Waals surface area contributed by atoms with Gasteiger partial charge in [-0.1, -0.05) is 22.0 Å². The molecule has 1 N–H and O–H groups in total. The van der Waals surface area contributed by atoms with Gasteiger partial charge >= 0.3 is 5.97 Å². The van der Waals surface area contributed by atoms with Gasteiger partial charge < -0.3 is 14.7 Å². The summed E-state index contributed by atoms with van der Waals surface area (Å²) in [7, 11) is 3.82. The Balaban J connectivity index is 2.52. The van der Waals surface area contributed by atoms with Gasteiger partial charge in [0.2, 0.25) is 0 Å². The molecule has 104 valence electrons. The monoisotopic (exact) mass is 327 g/mol. The molecule has 2 rings (SSSR count). The van der Waals surface area contributed by atoms with Crippen LogP contribution in [-0.4, -0.2) is 43.3 Å². The molecule has 0 saturated carbocycles. The average Bonchev–Trinajstić information content (AvgIpc) is 2.26. The average molecular weight is 328 g/mol. The first kappa shape index (κ1) is 14.5. The van der Waals surface area contributed by atoms with E-state index < -0.39 is 11.4 Å². The number of hydrogen-bond acceptors (Lipinski definition) is 3. The van der Waals surface area contributed by atoms with Gasteiger partial charge in [-0.25, -0.2) is 0 Å². The zero-order valence-corrected chi connectivity index (χ0v) is 12.9. The maximum Gasteiger partial charge on any atom is 0.316 e.